The Balaban J connectivity index is 1.45. The number of ether oxygens (including phenoxy) is 3. The Kier molecular flexibility index (Phi) is 9.46. The Hall–Kier alpha value is -3.00. The number of hydrogen-bond acceptors (Lipinski definition) is 7. The zero-order valence-electron chi connectivity index (χ0n) is 20.8. The van der Waals surface area contributed by atoms with Gasteiger partial charge < -0.3 is 19.5 Å². The van der Waals surface area contributed by atoms with Crippen molar-refractivity contribution in [3.8, 4) is 17.0 Å². The van der Waals surface area contributed by atoms with Gasteiger partial charge in [0.15, 0.2) is 0 Å². The number of benzene rings is 2. The highest BCUT2D eigenvalue weighted by Crippen LogP contribution is 2.26. The van der Waals surface area contributed by atoms with E-state index in [2.05, 4.69) is 39.5 Å². The van der Waals surface area contributed by atoms with Gasteiger partial charge in [-0.1, -0.05) is 18.2 Å². The van der Waals surface area contributed by atoms with Crippen LogP contribution in [-0.2, 0) is 22.7 Å². The molecule has 1 N–H and O–H groups in total. The van der Waals surface area contributed by atoms with Gasteiger partial charge in [0.1, 0.15) is 12.4 Å². The van der Waals surface area contributed by atoms with E-state index >= 15 is 0 Å². The van der Waals surface area contributed by atoms with Gasteiger partial charge in [-0.25, -0.2) is 9.97 Å². The van der Waals surface area contributed by atoms with Crippen LogP contribution in [0.1, 0.15) is 37.8 Å². The molecule has 3 aromatic rings. The summed E-state index contributed by atoms with van der Waals surface area (Å²) in [5, 5.41) is 3.34. The molecule has 7 nitrogen and oxygen atoms in total. The molecule has 0 aliphatic carbocycles. The fraction of sp³-hybridized carbons (Fsp3) is 0.429. The minimum absolute atomic E-state index is 0.499. The molecule has 2 heterocycles. The highest BCUT2D eigenvalue weighted by molar-refractivity contribution is 5.63. The van der Waals surface area contributed by atoms with Crippen molar-refractivity contribution in [1.29, 1.82) is 0 Å². The minimum atomic E-state index is 0.499. The lowest BCUT2D eigenvalue weighted by Crippen LogP contribution is -2.25. The summed E-state index contributed by atoms with van der Waals surface area (Å²) < 4.78 is 17.4. The van der Waals surface area contributed by atoms with E-state index in [0.29, 0.717) is 39.0 Å². The van der Waals surface area contributed by atoms with Crippen molar-refractivity contribution in [2.75, 3.05) is 44.8 Å². The summed E-state index contributed by atoms with van der Waals surface area (Å²) in [5.74, 6) is 1.41. The maximum absolute atomic E-state index is 6.13. The number of aromatic nitrogens is 2. The minimum Gasteiger partial charge on any atom is -0.492 e. The second-order valence-electron chi connectivity index (χ2n) is 8.58. The molecule has 0 bridgehead atoms. The smallest absolute Gasteiger partial charge is 0.227 e. The van der Waals surface area contributed by atoms with Gasteiger partial charge in [0, 0.05) is 42.8 Å². The average Bonchev–Trinajstić information content (AvgIpc) is 3.41. The predicted molar refractivity (Wildman–Crippen MR) is 139 cm³/mol. The summed E-state index contributed by atoms with van der Waals surface area (Å²) in [6.45, 7) is 10.4. The molecular weight excluding hydrogens is 440 g/mol. The van der Waals surface area contributed by atoms with Crippen LogP contribution in [0.15, 0.2) is 54.7 Å². The maximum Gasteiger partial charge on any atom is 0.227 e. The average molecular weight is 477 g/mol. The summed E-state index contributed by atoms with van der Waals surface area (Å²) in [4.78, 5) is 11.6. The summed E-state index contributed by atoms with van der Waals surface area (Å²) in [6, 6.07) is 16.2. The molecule has 1 aliphatic rings. The molecule has 1 fully saturated rings. The van der Waals surface area contributed by atoms with Crippen molar-refractivity contribution >= 4 is 11.6 Å². The number of nitrogens with one attached hydrogen (secondary N) is 1. The molecule has 186 valence electrons. The van der Waals surface area contributed by atoms with Gasteiger partial charge in [0.2, 0.25) is 5.95 Å². The summed E-state index contributed by atoms with van der Waals surface area (Å²) in [7, 11) is 0. The molecule has 4 rings (SSSR count). The molecule has 1 aromatic heterocycles. The summed E-state index contributed by atoms with van der Waals surface area (Å²) in [6.07, 6.45) is 4.35. The van der Waals surface area contributed by atoms with E-state index in [-0.39, 0.29) is 0 Å². The first-order chi connectivity index (χ1) is 17.2. The Morgan fingerprint density at radius 2 is 1.77 bits per heavy atom. The lowest BCUT2D eigenvalue weighted by molar-refractivity contribution is 0.130. The van der Waals surface area contributed by atoms with Crippen LogP contribution in [0.25, 0.3) is 11.3 Å². The topological polar surface area (TPSA) is 68.7 Å². The van der Waals surface area contributed by atoms with Crippen molar-refractivity contribution in [2.45, 2.75) is 39.9 Å². The molecule has 0 spiro atoms. The lowest BCUT2D eigenvalue weighted by Gasteiger charge is -2.17. The monoisotopic (exact) mass is 476 g/mol. The van der Waals surface area contributed by atoms with E-state index in [1.165, 1.54) is 25.9 Å². The summed E-state index contributed by atoms with van der Waals surface area (Å²) >= 11 is 0. The van der Waals surface area contributed by atoms with E-state index in [9.17, 15) is 0 Å². The Morgan fingerprint density at radius 1 is 0.943 bits per heavy atom. The number of likely N-dealkylation sites (tertiary alicyclic amines) is 1. The molecule has 0 atom stereocenters. The SMILES string of the molecule is CCOCc1cccc(-c2ccnc(Nc3ccc(OCCN4CCCC4)c(COCC)c3)n2)c1. The van der Waals surface area contributed by atoms with E-state index in [1.807, 2.05) is 38.1 Å². The Bertz CT molecular complexity index is 1070. The number of anilines is 2. The summed E-state index contributed by atoms with van der Waals surface area (Å²) in [5.41, 5.74) is 4.92. The van der Waals surface area contributed by atoms with E-state index < -0.39 is 0 Å². The van der Waals surface area contributed by atoms with E-state index in [4.69, 9.17) is 19.2 Å². The Labute approximate surface area is 208 Å². The first-order valence-corrected chi connectivity index (χ1v) is 12.6. The molecule has 7 heteroatoms. The van der Waals surface area contributed by atoms with Gasteiger partial charge in [0.25, 0.3) is 0 Å². The molecule has 2 aromatic carbocycles. The maximum atomic E-state index is 6.13. The largest absolute Gasteiger partial charge is 0.492 e. The van der Waals surface area contributed by atoms with Crippen LogP contribution in [0.3, 0.4) is 0 Å². The second kappa shape index (κ2) is 13.2. The zero-order valence-corrected chi connectivity index (χ0v) is 20.8. The molecule has 1 aliphatic heterocycles. The number of nitrogens with zero attached hydrogens (tertiary/aromatic N) is 3. The highest BCUT2D eigenvalue weighted by atomic mass is 16.5. The van der Waals surface area contributed by atoms with Gasteiger partial charge in [-0.15, -0.1) is 0 Å². The number of rotatable bonds is 13. The highest BCUT2D eigenvalue weighted by Gasteiger charge is 2.12. The molecule has 0 unspecified atom stereocenters. The van der Waals surface area contributed by atoms with Gasteiger partial charge >= 0.3 is 0 Å². The zero-order chi connectivity index (χ0) is 24.3. The third kappa shape index (κ3) is 7.49. The van der Waals surface area contributed by atoms with Crippen LogP contribution in [0.2, 0.25) is 0 Å². The van der Waals surface area contributed by atoms with Crippen molar-refractivity contribution in [3.63, 3.8) is 0 Å². The van der Waals surface area contributed by atoms with Crippen molar-refractivity contribution < 1.29 is 14.2 Å². The first kappa shape index (κ1) is 25.1. The third-order valence-corrected chi connectivity index (χ3v) is 5.99. The van der Waals surface area contributed by atoms with E-state index in [1.54, 1.807) is 6.20 Å². The fourth-order valence-corrected chi connectivity index (χ4v) is 4.16. The molecule has 35 heavy (non-hydrogen) atoms. The molecule has 0 radical (unpaired) electrons. The van der Waals surface area contributed by atoms with Crippen molar-refractivity contribution in [1.82, 2.24) is 14.9 Å². The van der Waals surface area contributed by atoms with Gasteiger partial charge in [-0.05, 0) is 75.7 Å². The van der Waals surface area contributed by atoms with Crippen molar-refractivity contribution in [2.24, 2.45) is 0 Å². The van der Waals surface area contributed by atoms with Crippen LogP contribution in [-0.4, -0.2) is 54.3 Å². The van der Waals surface area contributed by atoms with Gasteiger partial charge in [-0.2, -0.15) is 0 Å². The molecule has 1 saturated heterocycles. The third-order valence-electron chi connectivity index (χ3n) is 5.99. The van der Waals surface area contributed by atoms with Crippen LogP contribution in [0.4, 0.5) is 11.6 Å². The normalized spacial score (nSPS) is 13.8. The van der Waals surface area contributed by atoms with Crippen LogP contribution < -0.4 is 10.1 Å². The quantitative estimate of drug-likeness (QED) is 0.352. The Morgan fingerprint density at radius 3 is 2.60 bits per heavy atom. The first-order valence-electron chi connectivity index (χ1n) is 12.6. The predicted octanol–water partition coefficient (Wildman–Crippen LogP) is 5.43. The standard InChI is InChI=1S/C28H36N4O3/c1-3-33-20-22-8-7-9-23(18-22)26-12-13-29-28(31-26)30-25-10-11-27(24(19-25)21-34-4-2)35-17-16-32-14-5-6-15-32/h7-13,18-19H,3-6,14-17,20-21H2,1-2H3,(H,29,30,31). The van der Waals surface area contributed by atoms with E-state index in [0.717, 1.165) is 40.4 Å². The second-order valence-corrected chi connectivity index (χ2v) is 8.58. The molecule has 0 amide bonds. The van der Waals surface area contributed by atoms with Gasteiger partial charge in [-0.3, -0.25) is 4.90 Å². The van der Waals surface area contributed by atoms with Crippen molar-refractivity contribution in [3.05, 3.63) is 65.9 Å². The van der Waals surface area contributed by atoms with Gasteiger partial charge in [0.05, 0.1) is 18.9 Å². The van der Waals surface area contributed by atoms with Crippen LogP contribution >= 0.6 is 0 Å². The van der Waals surface area contributed by atoms with Crippen LogP contribution in [0, 0.1) is 0 Å². The fourth-order valence-electron chi connectivity index (χ4n) is 4.16. The number of hydrogen-bond donors (Lipinski definition) is 1. The van der Waals surface area contributed by atoms with Crippen LogP contribution in [0.5, 0.6) is 5.75 Å². The lowest BCUT2D eigenvalue weighted by atomic mass is 10.1. The molecule has 0 saturated carbocycles. The molecular formula is C28H36N4O3.